The molecule has 21 heavy (non-hydrogen) atoms. The molecule has 3 heterocycles. The summed E-state index contributed by atoms with van der Waals surface area (Å²) in [4.78, 5) is 16.4. The number of thiophene rings is 1. The van der Waals surface area contributed by atoms with Crippen LogP contribution in [-0.4, -0.2) is 33.7 Å². The van der Waals surface area contributed by atoms with Crippen LogP contribution in [0.1, 0.15) is 41.6 Å². The SMILES string of the molecule is CCCC1CCN(C(=O)c2sc3c(c(C)nn3C)c2N)C1. The molecular weight excluding hydrogens is 284 g/mol. The molecule has 2 aromatic rings. The van der Waals surface area contributed by atoms with Gasteiger partial charge in [-0.1, -0.05) is 13.3 Å². The van der Waals surface area contributed by atoms with Crippen molar-refractivity contribution in [2.75, 3.05) is 18.8 Å². The molecule has 1 atom stereocenters. The van der Waals surface area contributed by atoms with Gasteiger partial charge in [0.05, 0.1) is 16.8 Å². The predicted octanol–water partition coefficient (Wildman–Crippen LogP) is 2.79. The van der Waals surface area contributed by atoms with E-state index >= 15 is 0 Å². The van der Waals surface area contributed by atoms with Gasteiger partial charge >= 0.3 is 0 Å². The number of rotatable bonds is 3. The van der Waals surface area contributed by atoms with Crippen molar-refractivity contribution in [1.29, 1.82) is 0 Å². The van der Waals surface area contributed by atoms with Gasteiger partial charge in [0.15, 0.2) is 0 Å². The zero-order chi connectivity index (χ0) is 15.1. The van der Waals surface area contributed by atoms with Crippen molar-refractivity contribution in [3.05, 3.63) is 10.6 Å². The lowest BCUT2D eigenvalue weighted by Crippen LogP contribution is -2.28. The Bertz CT molecular complexity index is 687. The maximum Gasteiger partial charge on any atom is 0.266 e. The molecule has 0 spiro atoms. The van der Waals surface area contributed by atoms with Crippen LogP contribution in [0.2, 0.25) is 0 Å². The summed E-state index contributed by atoms with van der Waals surface area (Å²) in [7, 11) is 1.90. The minimum atomic E-state index is 0.0895. The van der Waals surface area contributed by atoms with Crippen LogP contribution in [0.5, 0.6) is 0 Å². The summed E-state index contributed by atoms with van der Waals surface area (Å²) >= 11 is 1.47. The normalized spacial score (nSPS) is 18.8. The van der Waals surface area contributed by atoms with Gasteiger partial charge in [-0.25, -0.2) is 0 Å². The first-order chi connectivity index (χ1) is 10.0. The number of nitrogens with zero attached hydrogens (tertiary/aromatic N) is 3. The Balaban J connectivity index is 1.89. The van der Waals surface area contributed by atoms with Crippen molar-refractivity contribution in [1.82, 2.24) is 14.7 Å². The Hall–Kier alpha value is -1.56. The van der Waals surface area contributed by atoms with Gasteiger partial charge in [-0.3, -0.25) is 9.48 Å². The van der Waals surface area contributed by atoms with Crippen molar-refractivity contribution >= 4 is 33.1 Å². The molecule has 1 aliphatic heterocycles. The first kappa shape index (κ1) is 14.4. The van der Waals surface area contributed by atoms with E-state index in [4.69, 9.17) is 5.73 Å². The third kappa shape index (κ3) is 2.31. The number of hydrogen-bond donors (Lipinski definition) is 1. The fraction of sp³-hybridized carbons (Fsp3) is 0.600. The van der Waals surface area contributed by atoms with E-state index in [-0.39, 0.29) is 5.91 Å². The second-order valence-corrected chi connectivity index (χ2v) is 6.93. The summed E-state index contributed by atoms with van der Waals surface area (Å²) in [6.45, 7) is 5.86. The van der Waals surface area contributed by atoms with E-state index in [0.717, 1.165) is 35.4 Å². The third-order valence-corrected chi connectivity index (χ3v) is 5.61. The van der Waals surface area contributed by atoms with E-state index in [0.29, 0.717) is 16.5 Å². The fourth-order valence-corrected chi connectivity index (χ4v) is 4.45. The van der Waals surface area contributed by atoms with Crippen molar-refractivity contribution in [2.24, 2.45) is 13.0 Å². The minimum Gasteiger partial charge on any atom is -0.397 e. The monoisotopic (exact) mass is 306 g/mol. The first-order valence-corrected chi connectivity index (χ1v) is 8.35. The Morgan fingerprint density at radius 1 is 1.52 bits per heavy atom. The zero-order valence-corrected chi connectivity index (χ0v) is 13.7. The molecule has 1 unspecified atom stereocenters. The van der Waals surface area contributed by atoms with E-state index in [1.807, 2.05) is 23.6 Å². The van der Waals surface area contributed by atoms with E-state index in [1.54, 1.807) is 0 Å². The van der Waals surface area contributed by atoms with E-state index < -0.39 is 0 Å². The summed E-state index contributed by atoms with van der Waals surface area (Å²) in [5.41, 5.74) is 7.72. The van der Waals surface area contributed by atoms with Gasteiger partial charge in [-0.2, -0.15) is 5.10 Å². The average molecular weight is 306 g/mol. The van der Waals surface area contributed by atoms with Crippen LogP contribution < -0.4 is 5.73 Å². The summed E-state index contributed by atoms with van der Waals surface area (Å²) in [5.74, 6) is 0.740. The number of carbonyl (C=O) groups is 1. The number of anilines is 1. The van der Waals surface area contributed by atoms with Crippen LogP contribution in [0.25, 0.3) is 10.2 Å². The molecule has 6 heteroatoms. The van der Waals surface area contributed by atoms with Gasteiger partial charge in [-0.05, 0) is 25.7 Å². The fourth-order valence-electron chi connectivity index (χ4n) is 3.29. The van der Waals surface area contributed by atoms with Crippen molar-refractivity contribution in [3.63, 3.8) is 0 Å². The van der Waals surface area contributed by atoms with Gasteiger partial charge in [0, 0.05) is 20.1 Å². The highest BCUT2D eigenvalue weighted by Gasteiger charge is 2.30. The zero-order valence-electron chi connectivity index (χ0n) is 12.8. The van der Waals surface area contributed by atoms with E-state index in [1.165, 1.54) is 24.2 Å². The molecule has 5 nitrogen and oxygen atoms in total. The molecule has 2 N–H and O–H groups in total. The maximum absolute atomic E-state index is 12.7. The molecule has 3 rings (SSSR count). The number of aromatic nitrogens is 2. The summed E-state index contributed by atoms with van der Waals surface area (Å²) in [6.07, 6.45) is 3.50. The molecule has 1 aliphatic rings. The number of fused-ring (bicyclic) bond motifs is 1. The van der Waals surface area contributed by atoms with Crippen molar-refractivity contribution in [3.8, 4) is 0 Å². The number of nitrogens with two attached hydrogens (primary N) is 1. The number of nitrogen functional groups attached to an aromatic ring is 1. The molecule has 0 aliphatic carbocycles. The first-order valence-electron chi connectivity index (χ1n) is 7.53. The smallest absolute Gasteiger partial charge is 0.266 e. The molecule has 2 aromatic heterocycles. The second kappa shape index (κ2) is 5.33. The lowest BCUT2D eigenvalue weighted by Gasteiger charge is -2.16. The quantitative estimate of drug-likeness (QED) is 0.948. The highest BCUT2D eigenvalue weighted by Crippen LogP contribution is 2.37. The predicted molar refractivity (Wildman–Crippen MR) is 86.7 cm³/mol. The van der Waals surface area contributed by atoms with Crippen LogP contribution in [0.4, 0.5) is 5.69 Å². The summed E-state index contributed by atoms with van der Waals surface area (Å²) in [6, 6.07) is 0. The number of likely N-dealkylation sites (tertiary alicyclic amines) is 1. The molecule has 1 fully saturated rings. The minimum absolute atomic E-state index is 0.0895. The molecule has 1 saturated heterocycles. The van der Waals surface area contributed by atoms with Gasteiger partial charge < -0.3 is 10.6 Å². The van der Waals surface area contributed by atoms with Crippen molar-refractivity contribution < 1.29 is 4.79 Å². The van der Waals surface area contributed by atoms with Crippen LogP contribution in [-0.2, 0) is 7.05 Å². The standard InChI is InChI=1S/C15H22N4OS/c1-4-5-10-6-7-19(8-10)14(20)13-12(16)11-9(2)17-18(3)15(11)21-13/h10H,4-8,16H2,1-3H3. The van der Waals surface area contributed by atoms with Crippen LogP contribution >= 0.6 is 11.3 Å². The molecule has 0 bridgehead atoms. The van der Waals surface area contributed by atoms with Crippen molar-refractivity contribution in [2.45, 2.75) is 33.1 Å². The number of hydrogen-bond acceptors (Lipinski definition) is 4. The topological polar surface area (TPSA) is 64.2 Å². The number of carbonyl (C=O) groups excluding carboxylic acids is 1. The Kier molecular flexibility index (Phi) is 3.65. The van der Waals surface area contributed by atoms with Crippen LogP contribution in [0.3, 0.4) is 0 Å². The van der Waals surface area contributed by atoms with Gasteiger partial charge in [0.25, 0.3) is 5.91 Å². The highest BCUT2D eigenvalue weighted by molar-refractivity contribution is 7.21. The van der Waals surface area contributed by atoms with Gasteiger partial charge in [0.2, 0.25) is 0 Å². The molecule has 0 radical (unpaired) electrons. The maximum atomic E-state index is 12.7. The Morgan fingerprint density at radius 3 is 2.95 bits per heavy atom. The van der Waals surface area contributed by atoms with Crippen LogP contribution in [0, 0.1) is 12.8 Å². The molecular formula is C15H22N4OS. The summed E-state index contributed by atoms with van der Waals surface area (Å²) < 4.78 is 1.81. The largest absolute Gasteiger partial charge is 0.397 e. The molecule has 0 saturated carbocycles. The molecule has 114 valence electrons. The van der Waals surface area contributed by atoms with E-state index in [9.17, 15) is 4.79 Å². The lowest BCUT2D eigenvalue weighted by molar-refractivity contribution is 0.0792. The molecule has 0 aromatic carbocycles. The highest BCUT2D eigenvalue weighted by atomic mass is 32.1. The Labute approximate surface area is 128 Å². The number of aryl methyl sites for hydroxylation is 2. The van der Waals surface area contributed by atoms with E-state index in [2.05, 4.69) is 12.0 Å². The average Bonchev–Trinajstić information content (AvgIpc) is 3.09. The third-order valence-electron chi connectivity index (χ3n) is 4.35. The van der Waals surface area contributed by atoms with Gasteiger partial charge in [-0.15, -0.1) is 11.3 Å². The van der Waals surface area contributed by atoms with Gasteiger partial charge in [0.1, 0.15) is 9.71 Å². The summed E-state index contributed by atoms with van der Waals surface area (Å²) in [5, 5.41) is 5.31. The Morgan fingerprint density at radius 2 is 2.29 bits per heavy atom. The molecule has 1 amide bonds. The second-order valence-electron chi connectivity index (χ2n) is 5.93. The lowest BCUT2D eigenvalue weighted by atomic mass is 10.0. The number of amides is 1. The van der Waals surface area contributed by atoms with Crippen LogP contribution in [0.15, 0.2) is 0 Å².